The van der Waals surface area contributed by atoms with Crippen molar-refractivity contribution in [2.24, 2.45) is 0 Å². The molecule has 7 heteroatoms. The SMILES string of the molecule is Cc1cc(C)n(CC(=O)N2CC[C@H](n3nc(C)cc3C)C2)c(=O)n1. The molecule has 1 atom stereocenters. The third-order valence-corrected chi connectivity index (χ3v) is 4.55. The number of hydrogen-bond acceptors (Lipinski definition) is 4. The van der Waals surface area contributed by atoms with Gasteiger partial charge in [0.15, 0.2) is 0 Å². The highest BCUT2D eigenvalue weighted by Gasteiger charge is 2.29. The number of aryl methyl sites for hydroxylation is 4. The second kappa shape index (κ2) is 6.22. The van der Waals surface area contributed by atoms with Crippen molar-refractivity contribution < 1.29 is 4.79 Å². The van der Waals surface area contributed by atoms with Crippen LogP contribution in [0.4, 0.5) is 0 Å². The number of likely N-dealkylation sites (tertiary alicyclic amines) is 1. The van der Waals surface area contributed by atoms with Crippen molar-refractivity contribution >= 4 is 5.91 Å². The topological polar surface area (TPSA) is 73.0 Å². The van der Waals surface area contributed by atoms with Gasteiger partial charge in [0.25, 0.3) is 0 Å². The van der Waals surface area contributed by atoms with Crippen LogP contribution in [-0.4, -0.2) is 43.2 Å². The second-order valence-corrected chi connectivity index (χ2v) is 6.56. The average molecular weight is 329 g/mol. The summed E-state index contributed by atoms with van der Waals surface area (Å²) in [6, 6.07) is 4.07. The van der Waals surface area contributed by atoms with Gasteiger partial charge in [0.05, 0.1) is 11.7 Å². The van der Waals surface area contributed by atoms with Crippen LogP contribution in [0, 0.1) is 27.7 Å². The number of aromatic nitrogens is 4. The third-order valence-electron chi connectivity index (χ3n) is 4.55. The molecule has 0 radical (unpaired) electrons. The van der Waals surface area contributed by atoms with Crippen molar-refractivity contribution in [3.05, 3.63) is 45.4 Å². The van der Waals surface area contributed by atoms with E-state index < -0.39 is 0 Å². The molecule has 1 aliphatic rings. The highest BCUT2D eigenvalue weighted by Crippen LogP contribution is 2.23. The maximum absolute atomic E-state index is 12.6. The molecule has 3 rings (SSSR count). The molecule has 0 N–H and O–H groups in total. The fourth-order valence-electron chi connectivity index (χ4n) is 3.39. The molecule has 0 saturated carbocycles. The molecule has 3 heterocycles. The number of amides is 1. The monoisotopic (exact) mass is 329 g/mol. The Morgan fingerprint density at radius 1 is 1.17 bits per heavy atom. The first-order chi connectivity index (χ1) is 11.3. The van der Waals surface area contributed by atoms with E-state index in [1.807, 2.05) is 42.5 Å². The van der Waals surface area contributed by atoms with Crippen molar-refractivity contribution in [3.8, 4) is 0 Å². The molecule has 0 bridgehead atoms. The van der Waals surface area contributed by atoms with Crippen LogP contribution in [-0.2, 0) is 11.3 Å². The normalized spacial score (nSPS) is 17.5. The Hall–Kier alpha value is -2.44. The van der Waals surface area contributed by atoms with Crippen molar-refractivity contribution in [2.45, 2.75) is 46.7 Å². The molecule has 24 heavy (non-hydrogen) atoms. The number of carbonyl (C=O) groups excluding carboxylic acids is 1. The Balaban J connectivity index is 1.71. The molecule has 1 aliphatic heterocycles. The van der Waals surface area contributed by atoms with Crippen LogP contribution in [0.25, 0.3) is 0 Å². The summed E-state index contributed by atoms with van der Waals surface area (Å²) >= 11 is 0. The molecule has 2 aromatic rings. The van der Waals surface area contributed by atoms with Gasteiger partial charge in [-0.15, -0.1) is 0 Å². The predicted molar refractivity (Wildman–Crippen MR) is 89.9 cm³/mol. The zero-order valence-electron chi connectivity index (χ0n) is 14.6. The summed E-state index contributed by atoms with van der Waals surface area (Å²) < 4.78 is 3.44. The lowest BCUT2D eigenvalue weighted by atomic mass is 10.2. The molecule has 7 nitrogen and oxygen atoms in total. The Morgan fingerprint density at radius 3 is 2.50 bits per heavy atom. The highest BCUT2D eigenvalue weighted by atomic mass is 16.2. The first-order valence-corrected chi connectivity index (χ1v) is 8.21. The molecule has 1 amide bonds. The quantitative estimate of drug-likeness (QED) is 0.847. The van der Waals surface area contributed by atoms with Crippen molar-refractivity contribution in [1.29, 1.82) is 0 Å². The number of rotatable bonds is 3. The standard InChI is InChI=1S/C17H23N5O2/c1-11-7-13(3)21(17(24)18-11)10-16(23)20-6-5-15(9-20)22-14(4)8-12(2)19-22/h7-8,15H,5-6,9-10H2,1-4H3/t15-/m0/s1. The molecule has 1 fully saturated rings. The fourth-order valence-corrected chi connectivity index (χ4v) is 3.39. The van der Waals surface area contributed by atoms with E-state index in [9.17, 15) is 9.59 Å². The van der Waals surface area contributed by atoms with E-state index in [0.29, 0.717) is 18.8 Å². The minimum absolute atomic E-state index is 0.0434. The Morgan fingerprint density at radius 2 is 1.88 bits per heavy atom. The van der Waals surface area contributed by atoms with Crippen LogP contribution in [0.2, 0.25) is 0 Å². The van der Waals surface area contributed by atoms with Gasteiger partial charge < -0.3 is 4.90 Å². The molecule has 0 aliphatic carbocycles. The van der Waals surface area contributed by atoms with Gasteiger partial charge in [0.2, 0.25) is 5.91 Å². The van der Waals surface area contributed by atoms with Crippen LogP contribution in [0.15, 0.2) is 16.9 Å². The zero-order chi connectivity index (χ0) is 17.4. The van der Waals surface area contributed by atoms with E-state index in [-0.39, 0.29) is 24.2 Å². The van der Waals surface area contributed by atoms with Crippen LogP contribution in [0.1, 0.15) is 35.2 Å². The maximum Gasteiger partial charge on any atom is 0.348 e. The Labute approximate surface area is 140 Å². The molecule has 2 aromatic heterocycles. The van der Waals surface area contributed by atoms with Crippen molar-refractivity contribution in [3.63, 3.8) is 0 Å². The van der Waals surface area contributed by atoms with Gasteiger partial charge in [-0.2, -0.15) is 10.1 Å². The first kappa shape index (κ1) is 16.4. The first-order valence-electron chi connectivity index (χ1n) is 8.21. The highest BCUT2D eigenvalue weighted by molar-refractivity contribution is 5.76. The van der Waals surface area contributed by atoms with Gasteiger partial charge in [-0.1, -0.05) is 0 Å². The Kier molecular flexibility index (Phi) is 4.26. The average Bonchev–Trinajstić information content (AvgIpc) is 3.09. The van der Waals surface area contributed by atoms with Gasteiger partial charge in [0.1, 0.15) is 6.54 Å². The summed E-state index contributed by atoms with van der Waals surface area (Å²) in [5.74, 6) is -0.0464. The minimum atomic E-state index is -0.366. The summed E-state index contributed by atoms with van der Waals surface area (Å²) in [7, 11) is 0. The van der Waals surface area contributed by atoms with Gasteiger partial charge >= 0.3 is 5.69 Å². The van der Waals surface area contributed by atoms with E-state index >= 15 is 0 Å². The van der Waals surface area contributed by atoms with Gasteiger partial charge in [0, 0.05) is 30.2 Å². The Bertz CT molecular complexity index is 836. The van der Waals surface area contributed by atoms with Crippen LogP contribution >= 0.6 is 0 Å². The summed E-state index contributed by atoms with van der Waals surface area (Å²) in [6.07, 6.45) is 0.883. The molecule has 1 saturated heterocycles. The van der Waals surface area contributed by atoms with Crippen molar-refractivity contribution in [2.75, 3.05) is 13.1 Å². The second-order valence-electron chi connectivity index (χ2n) is 6.56. The predicted octanol–water partition coefficient (Wildman–Crippen LogP) is 1.15. The zero-order valence-corrected chi connectivity index (χ0v) is 14.6. The molecule has 0 aromatic carbocycles. The van der Waals surface area contributed by atoms with Gasteiger partial charge in [-0.05, 0) is 46.2 Å². The molecular formula is C17H23N5O2. The largest absolute Gasteiger partial charge is 0.348 e. The summed E-state index contributed by atoms with van der Waals surface area (Å²) in [5.41, 5.74) is 3.17. The summed E-state index contributed by atoms with van der Waals surface area (Å²) in [5, 5.41) is 4.52. The smallest absolute Gasteiger partial charge is 0.339 e. The van der Waals surface area contributed by atoms with Crippen LogP contribution in [0.3, 0.4) is 0 Å². The van der Waals surface area contributed by atoms with E-state index in [1.54, 1.807) is 6.92 Å². The molecule has 128 valence electrons. The number of nitrogens with zero attached hydrogens (tertiary/aromatic N) is 5. The van der Waals surface area contributed by atoms with Gasteiger partial charge in [-0.25, -0.2) is 4.79 Å². The lowest BCUT2D eigenvalue weighted by molar-refractivity contribution is -0.131. The summed E-state index contributed by atoms with van der Waals surface area (Å²) in [6.45, 7) is 8.98. The van der Waals surface area contributed by atoms with Crippen molar-refractivity contribution in [1.82, 2.24) is 24.2 Å². The van der Waals surface area contributed by atoms with Crippen LogP contribution < -0.4 is 5.69 Å². The summed E-state index contributed by atoms with van der Waals surface area (Å²) in [4.78, 5) is 30.3. The lowest BCUT2D eigenvalue weighted by Gasteiger charge is -2.18. The lowest BCUT2D eigenvalue weighted by Crippen LogP contribution is -2.37. The van der Waals surface area contributed by atoms with E-state index in [0.717, 1.165) is 23.5 Å². The third kappa shape index (κ3) is 3.11. The van der Waals surface area contributed by atoms with E-state index in [4.69, 9.17) is 0 Å². The molecule has 0 unspecified atom stereocenters. The minimum Gasteiger partial charge on any atom is -0.339 e. The van der Waals surface area contributed by atoms with E-state index in [1.165, 1.54) is 4.57 Å². The molecule has 0 spiro atoms. The van der Waals surface area contributed by atoms with Crippen LogP contribution in [0.5, 0.6) is 0 Å². The number of carbonyl (C=O) groups is 1. The van der Waals surface area contributed by atoms with E-state index in [2.05, 4.69) is 10.1 Å². The maximum atomic E-state index is 12.6. The molecular weight excluding hydrogens is 306 g/mol. The number of hydrogen-bond donors (Lipinski definition) is 0. The van der Waals surface area contributed by atoms with Gasteiger partial charge in [-0.3, -0.25) is 14.0 Å². The fraction of sp³-hybridized carbons (Fsp3) is 0.529.